The van der Waals surface area contributed by atoms with E-state index in [1.807, 2.05) is 6.07 Å². The quantitative estimate of drug-likeness (QED) is 0.541. The number of halogens is 1. The van der Waals surface area contributed by atoms with E-state index in [1.54, 1.807) is 48.5 Å². The molecule has 29 heavy (non-hydrogen) atoms. The summed E-state index contributed by atoms with van der Waals surface area (Å²) in [7, 11) is -2.58. The molecule has 1 N–H and O–H groups in total. The van der Waals surface area contributed by atoms with Crippen LogP contribution in [0, 0.1) is 0 Å². The van der Waals surface area contributed by atoms with Crippen molar-refractivity contribution >= 4 is 37.6 Å². The summed E-state index contributed by atoms with van der Waals surface area (Å²) in [5.74, 6) is -0.699. The number of methoxy groups -OCH3 is 1. The van der Waals surface area contributed by atoms with Crippen molar-refractivity contribution in [2.24, 2.45) is 0 Å². The third-order valence-corrected chi connectivity index (χ3v) is 6.68. The second kappa shape index (κ2) is 8.67. The SMILES string of the molecule is COc1ccc(S(=O)(=O)N(Cc2ccccc2)c2c(Br)cccc2C(=O)O)cc1. The number of carboxylic acid groups (broad SMARTS) is 1. The van der Waals surface area contributed by atoms with Gasteiger partial charge in [0.2, 0.25) is 0 Å². The fourth-order valence-corrected chi connectivity index (χ4v) is 5.04. The second-order valence-electron chi connectivity index (χ2n) is 6.11. The predicted molar refractivity (Wildman–Crippen MR) is 114 cm³/mol. The highest BCUT2D eigenvalue weighted by molar-refractivity contribution is 9.10. The molecule has 0 aromatic heterocycles. The van der Waals surface area contributed by atoms with Crippen LogP contribution in [0.15, 0.2) is 82.2 Å². The molecular weight excluding hydrogens is 458 g/mol. The van der Waals surface area contributed by atoms with Crippen LogP contribution < -0.4 is 9.04 Å². The van der Waals surface area contributed by atoms with Crippen LogP contribution >= 0.6 is 15.9 Å². The van der Waals surface area contributed by atoms with Gasteiger partial charge < -0.3 is 9.84 Å². The molecule has 0 atom stereocenters. The fraction of sp³-hybridized carbons (Fsp3) is 0.0952. The summed E-state index contributed by atoms with van der Waals surface area (Å²) in [4.78, 5) is 11.8. The van der Waals surface area contributed by atoms with Crippen LogP contribution in [0.25, 0.3) is 0 Å². The van der Waals surface area contributed by atoms with Crippen molar-refractivity contribution < 1.29 is 23.1 Å². The van der Waals surface area contributed by atoms with Crippen molar-refractivity contribution in [2.75, 3.05) is 11.4 Å². The third kappa shape index (κ3) is 4.44. The van der Waals surface area contributed by atoms with Gasteiger partial charge in [0.25, 0.3) is 10.0 Å². The predicted octanol–water partition coefficient (Wildman–Crippen LogP) is 4.55. The summed E-state index contributed by atoms with van der Waals surface area (Å²) in [6.07, 6.45) is 0. The molecule has 0 aliphatic heterocycles. The van der Waals surface area contributed by atoms with Gasteiger partial charge in [0.15, 0.2) is 0 Å². The first-order valence-corrected chi connectivity index (χ1v) is 10.8. The molecule has 3 aromatic rings. The van der Waals surface area contributed by atoms with Gasteiger partial charge in [-0.15, -0.1) is 0 Å². The number of nitrogens with zero attached hydrogens (tertiary/aromatic N) is 1. The van der Waals surface area contributed by atoms with Gasteiger partial charge in [-0.05, 0) is 57.9 Å². The van der Waals surface area contributed by atoms with Gasteiger partial charge in [0.1, 0.15) is 5.75 Å². The monoisotopic (exact) mass is 475 g/mol. The number of para-hydroxylation sites is 1. The molecule has 0 spiro atoms. The average Bonchev–Trinajstić information content (AvgIpc) is 2.73. The number of anilines is 1. The Labute approximate surface area is 177 Å². The maximum atomic E-state index is 13.5. The molecule has 0 unspecified atom stereocenters. The Morgan fingerprint density at radius 3 is 2.24 bits per heavy atom. The third-order valence-electron chi connectivity index (χ3n) is 4.28. The molecule has 3 aromatic carbocycles. The van der Waals surface area contributed by atoms with Crippen molar-refractivity contribution in [3.8, 4) is 5.75 Å². The molecular formula is C21H18BrNO5S. The number of benzene rings is 3. The van der Waals surface area contributed by atoms with Crippen molar-refractivity contribution in [3.63, 3.8) is 0 Å². The summed E-state index contributed by atoms with van der Waals surface area (Å²) in [5.41, 5.74) is 0.670. The van der Waals surface area contributed by atoms with Gasteiger partial charge in [-0.1, -0.05) is 36.4 Å². The number of aromatic carboxylic acids is 1. The van der Waals surface area contributed by atoms with Gasteiger partial charge in [0.05, 0.1) is 29.8 Å². The zero-order valence-electron chi connectivity index (χ0n) is 15.4. The van der Waals surface area contributed by atoms with E-state index in [2.05, 4.69) is 15.9 Å². The molecule has 3 rings (SSSR count). The van der Waals surface area contributed by atoms with Crippen molar-refractivity contribution in [3.05, 3.63) is 88.4 Å². The number of sulfonamides is 1. The lowest BCUT2D eigenvalue weighted by Gasteiger charge is -2.27. The Hall–Kier alpha value is -2.84. The Kier molecular flexibility index (Phi) is 6.24. The molecule has 0 saturated heterocycles. The standard InChI is InChI=1S/C21H18BrNO5S/c1-28-16-10-12-17(13-11-16)29(26,27)23(14-15-6-3-2-4-7-15)20-18(21(24)25)8-5-9-19(20)22/h2-13H,14H2,1H3,(H,24,25). The first-order chi connectivity index (χ1) is 13.8. The first kappa shape index (κ1) is 20.9. The minimum Gasteiger partial charge on any atom is -0.497 e. The Balaban J connectivity index is 2.20. The first-order valence-electron chi connectivity index (χ1n) is 8.57. The Morgan fingerprint density at radius 2 is 1.66 bits per heavy atom. The van der Waals surface area contributed by atoms with Gasteiger partial charge in [-0.2, -0.15) is 0 Å². The van der Waals surface area contributed by atoms with Gasteiger partial charge in [-0.3, -0.25) is 4.31 Å². The van der Waals surface area contributed by atoms with Gasteiger partial charge >= 0.3 is 5.97 Å². The summed E-state index contributed by atoms with van der Waals surface area (Å²) >= 11 is 3.33. The van der Waals surface area contributed by atoms with Crippen LogP contribution in [0.5, 0.6) is 5.75 Å². The van der Waals surface area contributed by atoms with Crippen LogP contribution in [0.3, 0.4) is 0 Å². The van der Waals surface area contributed by atoms with Gasteiger partial charge in [0, 0.05) is 4.47 Å². The molecule has 150 valence electrons. The number of rotatable bonds is 7. The Morgan fingerprint density at radius 1 is 1.00 bits per heavy atom. The Bertz CT molecular complexity index is 1120. The van der Waals surface area contributed by atoms with Crippen LogP contribution in [0.2, 0.25) is 0 Å². The second-order valence-corrected chi connectivity index (χ2v) is 8.83. The molecule has 0 heterocycles. The maximum Gasteiger partial charge on any atom is 0.337 e. The molecule has 0 fully saturated rings. The number of carbonyl (C=O) groups is 1. The topological polar surface area (TPSA) is 83.9 Å². The zero-order valence-corrected chi connectivity index (χ0v) is 17.9. The molecule has 0 amide bonds. The molecule has 6 nitrogen and oxygen atoms in total. The van der Waals surface area contributed by atoms with E-state index in [-0.39, 0.29) is 22.7 Å². The summed E-state index contributed by atoms with van der Waals surface area (Å²) in [6, 6.07) is 19.5. The largest absolute Gasteiger partial charge is 0.497 e. The molecule has 0 radical (unpaired) electrons. The lowest BCUT2D eigenvalue weighted by atomic mass is 10.1. The molecule has 0 aliphatic rings. The van der Waals surface area contributed by atoms with Gasteiger partial charge in [-0.25, -0.2) is 13.2 Å². The van der Waals surface area contributed by atoms with Crippen molar-refractivity contribution in [2.45, 2.75) is 11.4 Å². The van der Waals surface area contributed by atoms with E-state index in [0.29, 0.717) is 10.2 Å². The molecule has 0 bridgehead atoms. The van der Waals surface area contributed by atoms with E-state index < -0.39 is 16.0 Å². The average molecular weight is 476 g/mol. The van der Waals surface area contributed by atoms with E-state index in [1.165, 1.54) is 25.3 Å². The fourth-order valence-electron chi connectivity index (χ4n) is 2.85. The van der Waals surface area contributed by atoms with E-state index >= 15 is 0 Å². The molecule has 0 aliphatic carbocycles. The minimum absolute atomic E-state index is 0.0290. The number of hydrogen-bond acceptors (Lipinski definition) is 4. The van der Waals surface area contributed by atoms with E-state index in [0.717, 1.165) is 9.87 Å². The number of ether oxygens (including phenoxy) is 1. The van der Waals surface area contributed by atoms with Crippen molar-refractivity contribution in [1.82, 2.24) is 0 Å². The normalized spacial score (nSPS) is 11.1. The maximum absolute atomic E-state index is 13.5. The summed E-state index contributed by atoms with van der Waals surface area (Å²) in [5, 5.41) is 9.65. The summed E-state index contributed by atoms with van der Waals surface area (Å²) < 4.78 is 33.6. The molecule has 0 saturated carbocycles. The highest BCUT2D eigenvalue weighted by Crippen LogP contribution is 2.36. The van der Waals surface area contributed by atoms with Crippen LogP contribution in [-0.2, 0) is 16.6 Å². The van der Waals surface area contributed by atoms with E-state index in [9.17, 15) is 18.3 Å². The van der Waals surface area contributed by atoms with Crippen molar-refractivity contribution in [1.29, 1.82) is 0 Å². The number of carboxylic acids is 1. The highest BCUT2D eigenvalue weighted by Gasteiger charge is 2.30. The number of hydrogen-bond donors (Lipinski definition) is 1. The van der Waals surface area contributed by atoms with Crippen LogP contribution in [0.1, 0.15) is 15.9 Å². The lowest BCUT2D eigenvalue weighted by molar-refractivity contribution is 0.0697. The smallest absolute Gasteiger partial charge is 0.337 e. The highest BCUT2D eigenvalue weighted by atomic mass is 79.9. The zero-order chi connectivity index (χ0) is 21.0. The van der Waals surface area contributed by atoms with Crippen LogP contribution in [0.4, 0.5) is 5.69 Å². The van der Waals surface area contributed by atoms with E-state index in [4.69, 9.17) is 4.74 Å². The molecule has 8 heteroatoms. The van der Waals surface area contributed by atoms with Crippen LogP contribution in [-0.4, -0.2) is 26.6 Å². The minimum atomic E-state index is -4.07. The summed E-state index contributed by atoms with van der Waals surface area (Å²) in [6.45, 7) is -0.0297. The lowest BCUT2D eigenvalue weighted by Crippen LogP contribution is -2.32.